The Balaban J connectivity index is 1.50. The van der Waals surface area contributed by atoms with Crippen LogP contribution in [0.5, 0.6) is 0 Å². The summed E-state index contributed by atoms with van der Waals surface area (Å²) in [5.41, 5.74) is 3.92. The molecule has 0 aliphatic carbocycles. The highest BCUT2D eigenvalue weighted by Crippen LogP contribution is 2.31. The maximum absolute atomic E-state index is 14.3. The zero-order valence-corrected chi connectivity index (χ0v) is 19.2. The van der Waals surface area contributed by atoms with Gasteiger partial charge in [-0.25, -0.2) is 9.18 Å². The van der Waals surface area contributed by atoms with Gasteiger partial charge in [-0.05, 0) is 40.8 Å². The SMILES string of the molecule is CC(OC(=O)Nc1c(-c2ccc(-c3ccc(CC(=O)O)c(F)c3)cc2)cnn1C)c1ccccc1. The fourth-order valence-corrected chi connectivity index (χ4v) is 3.75. The van der Waals surface area contributed by atoms with Crippen molar-refractivity contribution in [3.63, 3.8) is 0 Å². The van der Waals surface area contributed by atoms with Crippen molar-refractivity contribution in [3.05, 3.63) is 95.9 Å². The van der Waals surface area contributed by atoms with Crippen molar-refractivity contribution in [1.29, 1.82) is 0 Å². The van der Waals surface area contributed by atoms with E-state index in [1.54, 1.807) is 30.9 Å². The third kappa shape index (κ3) is 5.55. The Bertz CT molecular complexity index is 1350. The smallest absolute Gasteiger partial charge is 0.413 e. The van der Waals surface area contributed by atoms with Gasteiger partial charge < -0.3 is 9.84 Å². The zero-order valence-electron chi connectivity index (χ0n) is 19.2. The fraction of sp³-hybridized carbons (Fsp3) is 0.148. The minimum Gasteiger partial charge on any atom is -0.481 e. The van der Waals surface area contributed by atoms with E-state index in [4.69, 9.17) is 9.84 Å². The maximum atomic E-state index is 14.3. The van der Waals surface area contributed by atoms with Gasteiger partial charge in [0.25, 0.3) is 0 Å². The molecule has 35 heavy (non-hydrogen) atoms. The lowest BCUT2D eigenvalue weighted by Gasteiger charge is -2.15. The lowest BCUT2D eigenvalue weighted by atomic mass is 9.99. The van der Waals surface area contributed by atoms with Gasteiger partial charge in [0.15, 0.2) is 0 Å². The number of carbonyl (C=O) groups is 2. The van der Waals surface area contributed by atoms with Gasteiger partial charge in [0.05, 0.1) is 12.6 Å². The average molecular weight is 474 g/mol. The maximum Gasteiger partial charge on any atom is 0.413 e. The van der Waals surface area contributed by atoms with Crippen LogP contribution in [0.1, 0.15) is 24.2 Å². The number of rotatable bonds is 7. The summed E-state index contributed by atoms with van der Waals surface area (Å²) >= 11 is 0. The molecule has 1 atom stereocenters. The fourth-order valence-electron chi connectivity index (χ4n) is 3.75. The van der Waals surface area contributed by atoms with Crippen molar-refractivity contribution in [2.45, 2.75) is 19.4 Å². The number of hydrogen-bond acceptors (Lipinski definition) is 4. The van der Waals surface area contributed by atoms with Crippen LogP contribution in [0, 0.1) is 5.82 Å². The summed E-state index contributed by atoms with van der Waals surface area (Å²) < 4.78 is 21.4. The number of nitrogens with zero attached hydrogens (tertiary/aromatic N) is 2. The van der Waals surface area contributed by atoms with Gasteiger partial charge in [0.2, 0.25) is 0 Å². The molecule has 1 aromatic heterocycles. The van der Waals surface area contributed by atoms with Crippen LogP contribution in [0.25, 0.3) is 22.3 Å². The Kier molecular flexibility index (Phi) is 6.91. The van der Waals surface area contributed by atoms with E-state index >= 15 is 0 Å². The molecule has 7 nitrogen and oxygen atoms in total. The van der Waals surface area contributed by atoms with Gasteiger partial charge in [-0.3, -0.25) is 14.8 Å². The minimum absolute atomic E-state index is 0.136. The normalized spacial score (nSPS) is 11.6. The van der Waals surface area contributed by atoms with Gasteiger partial charge >= 0.3 is 12.1 Å². The second-order valence-corrected chi connectivity index (χ2v) is 8.07. The van der Waals surface area contributed by atoms with Crippen molar-refractivity contribution >= 4 is 17.9 Å². The van der Waals surface area contributed by atoms with Gasteiger partial charge in [-0.1, -0.05) is 66.7 Å². The van der Waals surface area contributed by atoms with E-state index in [9.17, 15) is 14.0 Å². The predicted octanol–water partition coefficient (Wildman–Crippen LogP) is 5.83. The van der Waals surface area contributed by atoms with Crippen LogP contribution in [0.2, 0.25) is 0 Å². The molecule has 0 aliphatic rings. The van der Waals surface area contributed by atoms with Crippen LogP contribution >= 0.6 is 0 Å². The number of aromatic nitrogens is 2. The van der Waals surface area contributed by atoms with Crippen molar-refractivity contribution in [2.24, 2.45) is 7.05 Å². The average Bonchev–Trinajstić information content (AvgIpc) is 3.20. The summed E-state index contributed by atoms with van der Waals surface area (Å²) in [7, 11) is 1.72. The van der Waals surface area contributed by atoms with Gasteiger partial charge in [0.1, 0.15) is 17.7 Å². The van der Waals surface area contributed by atoms with E-state index < -0.39 is 24.0 Å². The number of halogens is 1. The molecule has 1 amide bonds. The Morgan fingerprint density at radius 2 is 1.69 bits per heavy atom. The van der Waals surface area contributed by atoms with E-state index in [1.165, 1.54) is 12.1 Å². The Hall–Kier alpha value is -4.46. The molecule has 4 rings (SSSR count). The summed E-state index contributed by atoms with van der Waals surface area (Å²) in [6, 6.07) is 21.3. The second kappa shape index (κ2) is 10.2. The molecule has 0 bridgehead atoms. The van der Waals surface area contributed by atoms with E-state index in [0.717, 1.165) is 16.7 Å². The first-order chi connectivity index (χ1) is 16.8. The number of aryl methyl sites for hydroxylation is 1. The number of aliphatic carboxylic acids is 1. The molecule has 0 fully saturated rings. The molecule has 0 spiro atoms. The highest BCUT2D eigenvalue weighted by molar-refractivity contribution is 5.90. The summed E-state index contributed by atoms with van der Waals surface area (Å²) in [6.07, 6.45) is 0.259. The predicted molar refractivity (Wildman–Crippen MR) is 130 cm³/mol. The van der Waals surface area contributed by atoms with E-state index in [-0.39, 0.29) is 12.0 Å². The molecule has 1 heterocycles. The Morgan fingerprint density at radius 1 is 1.03 bits per heavy atom. The van der Waals surface area contributed by atoms with E-state index in [1.807, 2.05) is 54.6 Å². The van der Waals surface area contributed by atoms with Gasteiger partial charge in [0, 0.05) is 12.6 Å². The van der Waals surface area contributed by atoms with Crippen LogP contribution in [-0.4, -0.2) is 26.9 Å². The number of benzene rings is 3. The highest BCUT2D eigenvalue weighted by atomic mass is 19.1. The molecule has 8 heteroatoms. The van der Waals surface area contributed by atoms with Crippen LogP contribution < -0.4 is 5.32 Å². The van der Waals surface area contributed by atoms with Crippen molar-refractivity contribution < 1.29 is 23.8 Å². The van der Waals surface area contributed by atoms with Crippen molar-refractivity contribution in [1.82, 2.24) is 9.78 Å². The largest absolute Gasteiger partial charge is 0.481 e. The molecule has 178 valence electrons. The first-order valence-electron chi connectivity index (χ1n) is 11.0. The third-order valence-electron chi connectivity index (χ3n) is 5.64. The topological polar surface area (TPSA) is 93.4 Å². The Morgan fingerprint density at radius 3 is 2.34 bits per heavy atom. The van der Waals surface area contributed by atoms with Crippen LogP contribution in [0.15, 0.2) is 79.0 Å². The number of carboxylic acid groups (broad SMARTS) is 1. The minimum atomic E-state index is -1.08. The quantitative estimate of drug-likeness (QED) is 0.352. The number of carbonyl (C=O) groups excluding carboxylic acids is 1. The first-order valence-corrected chi connectivity index (χ1v) is 11.0. The van der Waals surface area contributed by atoms with Crippen molar-refractivity contribution in [3.8, 4) is 22.3 Å². The lowest BCUT2D eigenvalue weighted by molar-refractivity contribution is -0.136. The molecule has 2 N–H and O–H groups in total. The summed E-state index contributed by atoms with van der Waals surface area (Å²) in [6.45, 7) is 1.80. The van der Waals surface area contributed by atoms with Crippen LogP contribution in [0.4, 0.5) is 15.0 Å². The van der Waals surface area contributed by atoms with Crippen LogP contribution in [-0.2, 0) is 23.0 Å². The van der Waals surface area contributed by atoms with Crippen LogP contribution in [0.3, 0.4) is 0 Å². The van der Waals surface area contributed by atoms with E-state index in [2.05, 4.69) is 10.4 Å². The highest BCUT2D eigenvalue weighted by Gasteiger charge is 2.17. The first kappa shape index (κ1) is 23.7. The molecule has 0 aliphatic heterocycles. The van der Waals surface area contributed by atoms with Gasteiger partial charge in [-0.15, -0.1) is 0 Å². The third-order valence-corrected chi connectivity index (χ3v) is 5.64. The number of ether oxygens (including phenoxy) is 1. The summed E-state index contributed by atoms with van der Waals surface area (Å²) in [5, 5.41) is 15.9. The molecule has 0 radical (unpaired) electrons. The number of nitrogens with one attached hydrogen (secondary N) is 1. The molecule has 3 aromatic carbocycles. The second-order valence-electron chi connectivity index (χ2n) is 8.07. The molecule has 4 aromatic rings. The lowest BCUT2D eigenvalue weighted by Crippen LogP contribution is -2.18. The molecular weight excluding hydrogens is 449 g/mol. The number of hydrogen-bond donors (Lipinski definition) is 2. The Labute approximate surface area is 201 Å². The van der Waals surface area contributed by atoms with E-state index in [0.29, 0.717) is 16.9 Å². The van der Waals surface area contributed by atoms with Gasteiger partial charge in [-0.2, -0.15) is 5.10 Å². The standard InChI is InChI=1S/C27H24FN3O4/c1-17(18-6-4-3-5-7-18)35-27(34)30-26-23(16-29-31(26)2)20-10-8-19(9-11-20)21-12-13-22(15-25(32)33)24(28)14-21/h3-14,16-17H,15H2,1-2H3,(H,30,34)(H,32,33). The molecule has 1 unspecified atom stereocenters. The number of amides is 1. The van der Waals surface area contributed by atoms with Crippen molar-refractivity contribution in [2.75, 3.05) is 5.32 Å². The number of carboxylic acids is 1. The molecular formula is C27H24FN3O4. The number of anilines is 1. The summed E-state index contributed by atoms with van der Waals surface area (Å²) in [5.74, 6) is -1.16. The molecule has 0 saturated heterocycles. The zero-order chi connectivity index (χ0) is 24.9. The summed E-state index contributed by atoms with van der Waals surface area (Å²) in [4.78, 5) is 23.4. The monoisotopic (exact) mass is 473 g/mol. The molecule has 0 saturated carbocycles.